The van der Waals surface area contributed by atoms with Crippen LogP contribution in [0.25, 0.3) is 11.1 Å². The average Bonchev–Trinajstić information content (AvgIpc) is 3.30. The smallest absolute Gasteiger partial charge is 0.306 e. The zero-order chi connectivity index (χ0) is 24.5. The number of halogens is 1. The highest BCUT2D eigenvalue weighted by atomic mass is 19.1. The molecule has 2 saturated carbocycles. The molecule has 2 fully saturated rings. The third kappa shape index (κ3) is 5.56. The van der Waals surface area contributed by atoms with Crippen molar-refractivity contribution in [3.8, 4) is 16.9 Å². The van der Waals surface area contributed by atoms with E-state index in [1.165, 1.54) is 0 Å². The number of benzene rings is 2. The summed E-state index contributed by atoms with van der Waals surface area (Å²) in [7, 11) is 2.01. The predicted octanol–water partition coefficient (Wildman–Crippen LogP) is 7.17. The molecule has 0 bridgehead atoms. The fourth-order valence-electron chi connectivity index (χ4n) is 5.65. The van der Waals surface area contributed by atoms with Crippen LogP contribution in [0.5, 0.6) is 5.75 Å². The molecule has 4 rings (SSSR count). The summed E-state index contributed by atoms with van der Waals surface area (Å²) in [6.45, 7) is 6.89. The highest BCUT2D eigenvalue weighted by molar-refractivity contribution is 5.71. The van der Waals surface area contributed by atoms with Gasteiger partial charge in [0.1, 0.15) is 0 Å². The quantitative estimate of drug-likeness (QED) is 0.489. The number of ether oxygens (including phenoxy) is 1. The largest absolute Gasteiger partial charge is 0.487 e. The standard InChI is InChI=1S/C29H38FNO3/c1-29(2,3)22-10-13-25(14-11-22)34-27-15-9-20(18-26(27)30)19-6-5-7-23(16-19)31(4)24-12-8-21(17-24)28(32)33/h5-7,9,15-16,18,21-22,24-25H,8,10-14,17H2,1-4H3,(H,32,33). The first-order valence-corrected chi connectivity index (χ1v) is 12.6. The topological polar surface area (TPSA) is 49.8 Å². The summed E-state index contributed by atoms with van der Waals surface area (Å²) in [4.78, 5) is 13.5. The molecule has 1 N–H and O–H groups in total. The van der Waals surface area contributed by atoms with E-state index in [4.69, 9.17) is 4.74 Å². The van der Waals surface area contributed by atoms with E-state index in [1.807, 2.05) is 31.3 Å². The summed E-state index contributed by atoms with van der Waals surface area (Å²) in [6.07, 6.45) is 6.53. The summed E-state index contributed by atoms with van der Waals surface area (Å²) in [5.41, 5.74) is 3.08. The highest BCUT2D eigenvalue weighted by Crippen LogP contribution is 2.39. The van der Waals surface area contributed by atoms with Crippen molar-refractivity contribution in [2.45, 2.75) is 77.9 Å². The van der Waals surface area contributed by atoms with Gasteiger partial charge in [0.15, 0.2) is 11.6 Å². The second-order valence-electron chi connectivity index (χ2n) is 11.3. The summed E-state index contributed by atoms with van der Waals surface area (Å²) in [5.74, 6) is -0.258. The van der Waals surface area contributed by atoms with Gasteiger partial charge in [0.05, 0.1) is 12.0 Å². The maximum atomic E-state index is 15.0. The lowest BCUT2D eigenvalue weighted by molar-refractivity contribution is -0.141. The van der Waals surface area contributed by atoms with E-state index in [1.54, 1.807) is 12.1 Å². The minimum atomic E-state index is -0.704. The lowest BCUT2D eigenvalue weighted by atomic mass is 9.72. The van der Waals surface area contributed by atoms with Crippen LogP contribution in [0.2, 0.25) is 0 Å². The van der Waals surface area contributed by atoms with E-state index >= 15 is 0 Å². The Hall–Kier alpha value is -2.56. The number of rotatable bonds is 6. The van der Waals surface area contributed by atoms with Crippen LogP contribution in [0.15, 0.2) is 42.5 Å². The molecule has 0 spiro atoms. The Kier molecular flexibility index (Phi) is 7.20. The Labute approximate surface area is 203 Å². The van der Waals surface area contributed by atoms with Gasteiger partial charge in [-0.2, -0.15) is 0 Å². The van der Waals surface area contributed by atoms with Crippen molar-refractivity contribution >= 4 is 11.7 Å². The minimum absolute atomic E-state index is 0.0805. The maximum Gasteiger partial charge on any atom is 0.306 e. The highest BCUT2D eigenvalue weighted by Gasteiger charge is 2.32. The van der Waals surface area contributed by atoms with E-state index < -0.39 is 5.97 Å². The van der Waals surface area contributed by atoms with Gasteiger partial charge < -0.3 is 14.7 Å². The number of nitrogens with zero attached hydrogens (tertiary/aromatic N) is 1. The molecule has 0 amide bonds. The molecule has 2 aliphatic carbocycles. The van der Waals surface area contributed by atoms with Crippen LogP contribution in [-0.2, 0) is 4.79 Å². The molecule has 4 nitrogen and oxygen atoms in total. The normalized spacial score (nSPS) is 25.2. The first-order valence-electron chi connectivity index (χ1n) is 12.6. The number of aliphatic carboxylic acids is 1. The summed E-state index contributed by atoms with van der Waals surface area (Å²) in [6, 6.07) is 13.5. The summed E-state index contributed by atoms with van der Waals surface area (Å²) in [5, 5.41) is 9.31. The monoisotopic (exact) mass is 467 g/mol. The minimum Gasteiger partial charge on any atom is -0.487 e. The van der Waals surface area contributed by atoms with Crippen molar-refractivity contribution in [3.05, 3.63) is 48.3 Å². The average molecular weight is 468 g/mol. The van der Waals surface area contributed by atoms with Gasteiger partial charge in [0.25, 0.3) is 0 Å². The number of hydrogen-bond acceptors (Lipinski definition) is 3. The molecule has 184 valence electrons. The second kappa shape index (κ2) is 9.97. The molecule has 2 aromatic rings. The van der Waals surface area contributed by atoms with Crippen molar-refractivity contribution in [1.29, 1.82) is 0 Å². The Bertz CT molecular complexity index is 1010. The fraction of sp³-hybridized carbons (Fsp3) is 0.552. The van der Waals surface area contributed by atoms with Gasteiger partial charge in [-0.15, -0.1) is 0 Å². The maximum absolute atomic E-state index is 15.0. The van der Waals surface area contributed by atoms with E-state index in [2.05, 4.69) is 31.7 Å². The molecule has 0 aliphatic heterocycles. The molecular weight excluding hydrogens is 429 g/mol. The summed E-state index contributed by atoms with van der Waals surface area (Å²) >= 11 is 0. The molecule has 2 unspecified atom stereocenters. The zero-order valence-corrected chi connectivity index (χ0v) is 20.9. The number of anilines is 1. The zero-order valence-electron chi connectivity index (χ0n) is 20.9. The number of carbonyl (C=O) groups is 1. The van der Waals surface area contributed by atoms with Crippen molar-refractivity contribution in [1.82, 2.24) is 0 Å². The molecule has 0 aromatic heterocycles. The van der Waals surface area contributed by atoms with Crippen LogP contribution in [0.1, 0.15) is 65.7 Å². The van der Waals surface area contributed by atoms with Gasteiger partial charge >= 0.3 is 5.97 Å². The molecule has 2 aliphatic rings. The molecule has 2 atom stereocenters. The van der Waals surface area contributed by atoms with Crippen LogP contribution in [0, 0.1) is 23.1 Å². The number of carboxylic acids is 1. The molecular formula is C29H38FNO3. The Morgan fingerprint density at radius 1 is 1.00 bits per heavy atom. The van der Waals surface area contributed by atoms with Crippen LogP contribution < -0.4 is 9.64 Å². The lowest BCUT2D eigenvalue weighted by Gasteiger charge is -2.37. The molecule has 34 heavy (non-hydrogen) atoms. The fourth-order valence-corrected chi connectivity index (χ4v) is 5.65. The first kappa shape index (κ1) is 24.6. The second-order valence-corrected chi connectivity index (χ2v) is 11.3. The Morgan fingerprint density at radius 2 is 1.71 bits per heavy atom. The Morgan fingerprint density at radius 3 is 2.32 bits per heavy atom. The number of carboxylic acid groups (broad SMARTS) is 1. The molecule has 0 radical (unpaired) electrons. The molecule has 2 aromatic carbocycles. The molecule has 0 heterocycles. The molecule has 0 saturated heterocycles. The van der Waals surface area contributed by atoms with Gasteiger partial charge in [-0.3, -0.25) is 4.79 Å². The lowest BCUT2D eigenvalue weighted by Crippen LogP contribution is -2.30. The third-order valence-corrected chi connectivity index (χ3v) is 8.01. The van der Waals surface area contributed by atoms with E-state index in [0.717, 1.165) is 48.9 Å². The van der Waals surface area contributed by atoms with Gasteiger partial charge in [0.2, 0.25) is 0 Å². The van der Waals surface area contributed by atoms with Crippen LogP contribution in [0.4, 0.5) is 10.1 Å². The Balaban J connectivity index is 1.42. The van der Waals surface area contributed by atoms with E-state index in [9.17, 15) is 14.3 Å². The van der Waals surface area contributed by atoms with Crippen LogP contribution in [0.3, 0.4) is 0 Å². The van der Waals surface area contributed by atoms with Crippen molar-refractivity contribution in [2.24, 2.45) is 17.3 Å². The van der Waals surface area contributed by atoms with Crippen LogP contribution >= 0.6 is 0 Å². The van der Waals surface area contributed by atoms with Crippen molar-refractivity contribution < 1.29 is 19.0 Å². The SMILES string of the molecule is CN(c1cccc(-c2ccc(OC3CCC(C(C)(C)C)CC3)c(F)c2)c1)C1CCC(C(=O)O)C1. The van der Waals surface area contributed by atoms with Gasteiger partial charge in [0, 0.05) is 18.8 Å². The van der Waals surface area contributed by atoms with Gasteiger partial charge in [-0.25, -0.2) is 4.39 Å². The van der Waals surface area contributed by atoms with Crippen LogP contribution in [-0.4, -0.2) is 30.3 Å². The van der Waals surface area contributed by atoms with E-state index in [0.29, 0.717) is 29.9 Å². The molecule has 5 heteroatoms. The predicted molar refractivity (Wildman–Crippen MR) is 135 cm³/mol. The van der Waals surface area contributed by atoms with Gasteiger partial charge in [-0.05, 0) is 91.7 Å². The summed E-state index contributed by atoms with van der Waals surface area (Å²) < 4.78 is 21.1. The van der Waals surface area contributed by atoms with Crippen molar-refractivity contribution in [3.63, 3.8) is 0 Å². The first-order chi connectivity index (χ1) is 16.1. The van der Waals surface area contributed by atoms with Gasteiger partial charge in [-0.1, -0.05) is 39.0 Å². The van der Waals surface area contributed by atoms with E-state index in [-0.39, 0.29) is 23.9 Å². The van der Waals surface area contributed by atoms with Crippen molar-refractivity contribution in [2.75, 3.05) is 11.9 Å². The third-order valence-electron chi connectivity index (χ3n) is 8.01. The number of hydrogen-bond donors (Lipinski definition) is 1.